The van der Waals surface area contributed by atoms with Gasteiger partial charge >= 0.3 is 5.63 Å². The normalized spacial score (nSPS) is 10.8. The van der Waals surface area contributed by atoms with E-state index in [0.29, 0.717) is 27.6 Å². The number of rotatable bonds is 5. The van der Waals surface area contributed by atoms with Crippen LogP contribution in [0.25, 0.3) is 22.1 Å². The quantitative estimate of drug-likeness (QED) is 0.407. The van der Waals surface area contributed by atoms with E-state index in [-0.39, 0.29) is 12.5 Å². The SMILES string of the molecule is Cc1cc(OCC(=O)Nc2ccc(-c3cc4ccccc4oc3=O)c(C)c2)ccc1Cl. The second kappa shape index (κ2) is 8.66. The monoisotopic (exact) mass is 433 g/mol. The third-order valence-electron chi connectivity index (χ3n) is 4.94. The van der Waals surface area contributed by atoms with Gasteiger partial charge in [0.05, 0.1) is 5.56 Å². The molecule has 4 aromatic rings. The van der Waals surface area contributed by atoms with Crippen LogP contribution < -0.4 is 15.7 Å². The summed E-state index contributed by atoms with van der Waals surface area (Å²) < 4.78 is 11.0. The molecule has 4 rings (SSSR count). The van der Waals surface area contributed by atoms with Crippen molar-refractivity contribution in [3.8, 4) is 16.9 Å². The maximum Gasteiger partial charge on any atom is 0.344 e. The van der Waals surface area contributed by atoms with Crippen molar-refractivity contribution in [2.24, 2.45) is 0 Å². The third-order valence-corrected chi connectivity index (χ3v) is 5.37. The molecule has 0 aliphatic carbocycles. The molecule has 0 fully saturated rings. The lowest BCUT2D eigenvalue weighted by Crippen LogP contribution is -2.20. The van der Waals surface area contributed by atoms with Crippen molar-refractivity contribution >= 4 is 34.2 Å². The van der Waals surface area contributed by atoms with Gasteiger partial charge in [0.2, 0.25) is 0 Å². The Balaban J connectivity index is 1.48. The van der Waals surface area contributed by atoms with E-state index in [4.69, 9.17) is 20.8 Å². The first-order valence-electron chi connectivity index (χ1n) is 9.73. The van der Waals surface area contributed by atoms with Crippen molar-refractivity contribution < 1.29 is 13.9 Å². The molecule has 0 bridgehead atoms. The van der Waals surface area contributed by atoms with E-state index in [2.05, 4.69) is 5.32 Å². The Bertz CT molecular complexity index is 1340. The molecule has 1 N–H and O–H groups in total. The van der Waals surface area contributed by atoms with Crippen molar-refractivity contribution in [1.29, 1.82) is 0 Å². The summed E-state index contributed by atoms with van der Waals surface area (Å²) in [5.74, 6) is 0.288. The summed E-state index contributed by atoms with van der Waals surface area (Å²) in [6.07, 6.45) is 0. The molecular weight excluding hydrogens is 414 g/mol. The summed E-state index contributed by atoms with van der Waals surface area (Å²) in [4.78, 5) is 24.7. The van der Waals surface area contributed by atoms with E-state index in [1.54, 1.807) is 36.4 Å². The minimum absolute atomic E-state index is 0.129. The first-order valence-corrected chi connectivity index (χ1v) is 10.1. The number of amides is 1. The van der Waals surface area contributed by atoms with Gasteiger partial charge in [0.1, 0.15) is 11.3 Å². The molecule has 0 radical (unpaired) electrons. The standard InChI is InChI=1S/C25H20ClNO4/c1-15-11-18(27-24(28)14-30-19-8-10-22(26)16(2)12-19)7-9-20(15)21-13-17-5-3-4-6-23(17)31-25(21)29/h3-13H,14H2,1-2H3,(H,27,28). The average Bonchev–Trinajstić information content (AvgIpc) is 2.74. The first-order chi connectivity index (χ1) is 14.9. The summed E-state index contributed by atoms with van der Waals surface area (Å²) in [5.41, 5.74) is 3.73. The van der Waals surface area contributed by atoms with Crippen LogP contribution >= 0.6 is 11.6 Å². The summed E-state index contributed by atoms with van der Waals surface area (Å²) >= 11 is 6.00. The van der Waals surface area contributed by atoms with Gasteiger partial charge in [-0.3, -0.25) is 4.79 Å². The fourth-order valence-corrected chi connectivity index (χ4v) is 3.46. The maximum absolute atomic E-state index is 12.5. The highest BCUT2D eigenvalue weighted by atomic mass is 35.5. The molecular formula is C25H20ClNO4. The van der Waals surface area contributed by atoms with E-state index < -0.39 is 5.63 Å². The van der Waals surface area contributed by atoms with Crippen molar-refractivity contribution in [3.63, 3.8) is 0 Å². The highest BCUT2D eigenvalue weighted by Crippen LogP contribution is 2.26. The van der Waals surface area contributed by atoms with Gasteiger partial charge in [0.25, 0.3) is 5.91 Å². The van der Waals surface area contributed by atoms with Crippen LogP contribution in [0, 0.1) is 13.8 Å². The highest BCUT2D eigenvalue weighted by molar-refractivity contribution is 6.31. The average molecular weight is 434 g/mol. The minimum atomic E-state index is -0.398. The van der Waals surface area contributed by atoms with Gasteiger partial charge < -0.3 is 14.5 Å². The number of ether oxygens (including phenoxy) is 1. The molecule has 0 saturated carbocycles. The molecule has 3 aromatic carbocycles. The van der Waals surface area contributed by atoms with Gasteiger partial charge in [-0.15, -0.1) is 0 Å². The smallest absolute Gasteiger partial charge is 0.344 e. The molecule has 0 spiro atoms. The van der Waals surface area contributed by atoms with Gasteiger partial charge in [-0.05, 0) is 73.0 Å². The molecule has 1 amide bonds. The van der Waals surface area contributed by atoms with Crippen molar-refractivity contribution in [3.05, 3.63) is 93.3 Å². The second-order valence-corrected chi connectivity index (χ2v) is 7.67. The lowest BCUT2D eigenvalue weighted by molar-refractivity contribution is -0.118. The Kier molecular flexibility index (Phi) is 5.78. The van der Waals surface area contributed by atoms with Gasteiger partial charge in [0.15, 0.2) is 6.61 Å². The zero-order valence-corrected chi connectivity index (χ0v) is 17.8. The van der Waals surface area contributed by atoms with Crippen LogP contribution in [0.5, 0.6) is 5.75 Å². The van der Waals surface area contributed by atoms with E-state index in [1.807, 2.05) is 44.2 Å². The number of carbonyl (C=O) groups excluding carboxylic acids is 1. The predicted molar refractivity (Wildman–Crippen MR) is 123 cm³/mol. The Morgan fingerprint density at radius 1 is 0.968 bits per heavy atom. The van der Waals surface area contributed by atoms with Crippen molar-refractivity contribution in [1.82, 2.24) is 0 Å². The molecule has 0 aliphatic rings. The van der Waals surface area contributed by atoms with E-state index in [0.717, 1.165) is 22.1 Å². The summed E-state index contributed by atoms with van der Waals surface area (Å²) in [6, 6.07) is 19.8. The number of para-hydroxylation sites is 1. The Morgan fingerprint density at radius 2 is 1.77 bits per heavy atom. The van der Waals surface area contributed by atoms with Crippen LogP contribution in [-0.4, -0.2) is 12.5 Å². The van der Waals surface area contributed by atoms with Crippen LogP contribution in [0.4, 0.5) is 5.69 Å². The van der Waals surface area contributed by atoms with Gasteiger partial charge in [-0.25, -0.2) is 4.79 Å². The molecule has 1 aromatic heterocycles. The summed E-state index contributed by atoms with van der Waals surface area (Å²) in [5, 5.41) is 4.31. The molecule has 1 heterocycles. The molecule has 0 saturated heterocycles. The number of hydrogen-bond donors (Lipinski definition) is 1. The molecule has 5 nitrogen and oxygen atoms in total. The molecule has 31 heavy (non-hydrogen) atoms. The van der Waals surface area contributed by atoms with E-state index in [1.165, 1.54) is 0 Å². The zero-order chi connectivity index (χ0) is 22.0. The molecule has 0 atom stereocenters. The lowest BCUT2D eigenvalue weighted by atomic mass is 10.0. The second-order valence-electron chi connectivity index (χ2n) is 7.26. The number of halogens is 1. The number of aryl methyl sites for hydroxylation is 2. The fraction of sp³-hybridized carbons (Fsp3) is 0.120. The summed E-state index contributed by atoms with van der Waals surface area (Å²) in [6.45, 7) is 3.62. The number of nitrogens with one attached hydrogen (secondary N) is 1. The van der Waals surface area contributed by atoms with Crippen molar-refractivity contribution in [2.75, 3.05) is 11.9 Å². The van der Waals surface area contributed by atoms with E-state index >= 15 is 0 Å². The van der Waals surface area contributed by atoms with Crippen LogP contribution in [-0.2, 0) is 4.79 Å². The van der Waals surface area contributed by atoms with Crippen LogP contribution in [0.15, 0.2) is 75.9 Å². The third kappa shape index (κ3) is 4.62. The molecule has 0 aliphatic heterocycles. The Labute approximate surface area is 184 Å². The highest BCUT2D eigenvalue weighted by Gasteiger charge is 2.12. The van der Waals surface area contributed by atoms with Crippen LogP contribution in [0.2, 0.25) is 5.02 Å². The Morgan fingerprint density at radius 3 is 2.55 bits per heavy atom. The molecule has 6 heteroatoms. The lowest BCUT2D eigenvalue weighted by Gasteiger charge is -2.11. The summed E-state index contributed by atoms with van der Waals surface area (Å²) in [7, 11) is 0. The van der Waals surface area contributed by atoms with Gasteiger partial charge in [0, 0.05) is 16.1 Å². The number of fused-ring (bicyclic) bond motifs is 1. The van der Waals surface area contributed by atoms with Crippen LogP contribution in [0.3, 0.4) is 0 Å². The molecule has 156 valence electrons. The van der Waals surface area contributed by atoms with Gasteiger partial charge in [-0.1, -0.05) is 35.9 Å². The fourth-order valence-electron chi connectivity index (χ4n) is 3.35. The number of anilines is 1. The van der Waals surface area contributed by atoms with Gasteiger partial charge in [-0.2, -0.15) is 0 Å². The van der Waals surface area contributed by atoms with E-state index in [9.17, 15) is 9.59 Å². The predicted octanol–water partition coefficient (Wildman–Crippen LogP) is 5.75. The number of carbonyl (C=O) groups is 1. The van der Waals surface area contributed by atoms with Crippen molar-refractivity contribution in [2.45, 2.75) is 13.8 Å². The van der Waals surface area contributed by atoms with Crippen LogP contribution in [0.1, 0.15) is 11.1 Å². The number of benzene rings is 3. The largest absolute Gasteiger partial charge is 0.484 e. The Hall–Kier alpha value is -3.57. The maximum atomic E-state index is 12.5. The molecule has 0 unspecified atom stereocenters. The number of hydrogen-bond acceptors (Lipinski definition) is 4. The first kappa shape index (κ1) is 20.7. The zero-order valence-electron chi connectivity index (χ0n) is 17.1. The minimum Gasteiger partial charge on any atom is -0.484 e. The topological polar surface area (TPSA) is 68.5 Å².